The third kappa shape index (κ3) is 5.40. The number of ether oxygens (including phenoxy) is 1. The van der Waals surface area contributed by atoms with Gasteiger partial charge in [0, 0.05) is 19.5 Å². The highest BCUT2D eigenvalue weighted by molar-refractivity contribution is 7.18. The number of nitrogens with zero attached hydrogens (tertiary/aromatic N) is 2. The summed E-state index contributed by atoms with van der Waals surface area (Å²) < 4.78 is 7.14. The Bertz CT molecular complexity index is 652. The van der Waals surface area contributed by atoms with Crippen molar-refractivity contribution in [1.82, 2.24) is 9.88 Å². The summed E-state index contributed by atoms with van der Waals surface area (Å²) in [6.07, 6.45) is 8.06. The van der Waals surface area contributed by atoms with Gasteiger partial charge in [0.05, 0.1) is 21.8 Å². The molecule has 0 saturated heterocycles. The van der Waals surface area contributed by atoms with E-state index in [-0.39, 0.29) is 6.61 Å². The van der Waals surface area contributed by atoms with E-state index in [0.717, 1.165) is 36.7 Å². The van der Waals surface area contributed by atoms with Gasteiger partial charge in [0.2, 0.25) is 0 Å². The zero-order valence-electron chi connectivity index (χ0n) is 15.2. The number of aromatic nitrogens is 1. The van der Waals surface area contributed by atoms with Crippen LogP contribution in [0.1, 0.15) is 44.0 Å². The molecule has 25 heavy (non-hydrogen) atoms. The topological polar surface area (TPSA) is 45.6 Å². The molecule has 1 heterocycles. The van der Waals surface area contributed by atoms with Crippen molar-refractivity contribution in [2.45, 2.75) is 45.4 Å². The number of fused-ring (bicyclic) bond motifs is 1. The van der Waals surface area contributed by atoms with Gasteiger partial charge in [0.1, 0.15) is 12.4 Å². The van der Waals surface area contributed by atoms with Gasteiger partial charge < -0.3 is 9.84 Å². The molecule has 5 heteroatoms. The number of hydrogen-bond donors (Lipinski definition) is 1. The maximum Gasteiger partial charge on any atom is 0.120 e. The number of thiazole rings is 1. The summed E-state index contributed by atoms with van der Waals surface area (Å²) in [6.45, 7) is 5.43. The van der Waals surface area contributed by atoms with Gasteiger partial charge in [0.25, 0.3) is 0 Å². The molecular formula is C20H30N2O2S. The summed E-state index contributed by atoms with van der Waals surface area (Å²) in [6, 6.07) is 6.23. The van der Waals surface area contributed by atoms with E-state index < -0.39 is 0 Å². The summed E-state index contributed by atoms with van der Waals surface area (Å²) in [5.74, 6) is 1.75. The Morgan fingerprint density at radius 1 is 1.24 bits per heavy atom. The molecule has 0 radical (unpaired) electrons. The Morgan fingerprint density at radius 2 is 2.08 bits per heavy atom. The second-order valence-electron chi connectivity index (χ2n) is 6.95. The van der Waals surface area contributed by atoms with Crippen molar-refractivity contribution in [3.63, 3.8) is 0 Å². The van der Waals surface area contributed by atoms with Crippen molar-refractivity contribution < 1.29 is 9.84 Å². The molecule has 1 saturated carbocycles. The Kier molecular flexibility index (Phi) is 7.08. The molecule has 1 aromatic carbocycles. The SMILES string of the molecule is CCN(CCO)CCOc1ccc2nc(CC3CCCCC3)sc2c1. The van der Waals surface area contributed by atoms with Gasteiger partial charge in [-0.15, -0.1) is 11.3 Å². The highest BCUT2D eigenvalue weighted by Gasteiger charge is 2.16. The van der Waals surface area contributed by atoms with Crippen LogP contribution >= 0.6 is 11.3 Å². The van der Waals surface area contributed by atoms with Gasteiger partial charge >= 0.3 is 0 Å². The number of aliphatic hydroxyl groups excluding tert-OH is 1. The lowest BCUT2D eigenvalue weighted by molar-refractivity contribution is 0.174. The Labute approximate surface area is 154 Å². The molecule has 1 aromatic heterocycles. The van der Waals surface area contributed by atoms with E-state index in [1.54, 1.807) is 0 Å². The summed E-state index contributed by atoms with van der Waals surface area (Å²) in [7, 11) is 0. The van der Waals surface area contributed by atoms with E-state index in [1.807, 2.05) is 17.4 Å². The molecular weight excluding hydrogens is 332 g/mol. The smallest absolute Gasteiger partial charge is 0.120 e. The monoisotopic (exact) mass is 362 g/mol. The molecule has 1 aliphatic rings. The molecule has 2 aromatic rings. The first-order valence-electron chi connectivity index (χ1n) is 9.64. The lowest BCUT2D eigenvalue weighted by Crippen LogP contribution is -2.30. The van der Waals surface area contributed by atoms with Crippen LogP contribution in [0.2, 0.25) is 0 Å². The van der Waals surface area contributed by atoms with Crippen LogP contribution < -0.4 is 4.74 Å². The second kappa shape index (κ2) is 9.51. The fourth-order valence-corrected chi connectivity index (χ4v) is 4.74. The number of rotatable bonds is 9. The summed E-state index contributed by atoms with van der Waals surface area (Å²) in [5, 5.41) is 10.3. The highest BCUT2D eigenvalue weighted by atomic mass is 32.1. The predicted molar refractivity (Wildman–Crippen MR) is 105 cm³/mol. The van der Waals surface area contributed by atoms with Crippen LogP contribution in [0.4, 0.5) is 0 Å². The minimum atomic E-state index is 0.199. The first kappa shape index (κ1) is 18.6. The van der Waals surface area contributed by atoms with Gasteiger partial charge in [0.15, 0.2) is 0 Å². The van der Waals surface area contributed by atoms with Crippen molar-refractivity contribution in [3.05, 3.63) is 23.2 Å². The van der Waals surface area contributed by atoms with E-state index in [2.05, 4.69) is 24.0 Å². The van der Waals surface area contributed by atoms with E-state index in [1.165, 1.54) is 41.8 Å². The summed E-state index contributed by atoms with van der Waals surface area (Å²) >= 11 is 1.82. The maximum absolute atomic E-state index is 9.03. The van der Waals surface area contributed by atoms with Gasteiger partial charge in [-0.25, -0.2) is 4.98 Å². The molecule has 1 fully saturated rings. The molecule has 0 aliphatic heterocycles. The van der Waals surface area contributed by atoms with Gasteiger partial charge in [-0.05, 0) is 30.7 Å². The Hall–Kier alpha value is -1.17. The van der Waals surface area contributed by atoms with E-state index >= 15 is 0 Å². The Balaban J connectivity index is 1.56. The average molecular weight is 363 g/mol. The van der Waals surface area contributed by atoms with Crippen LogP contribution in [0, 0.1) is 5.92 Å². The molecule has 0 atom stereocenters. The zero-order chi connectivity index (χ0) is 17.5. The molecule has 0 unspecified atom stereocenters. The van der Waals surface area contributed by atoms with E-state index in [9.17, 15) is 0 Å². The molecule has 1 aliphatic carbocycles. The predicted octanol–water partition coefficient (Wildman–Crippen LogP) is 4.11. The average Bonchev–Trinajstić information content (AvgIpc) is 3.03. The van der Waals surface area contributed by atoms with E-state index in [4.69, 9.17) is 14.8 Å². The molecule has 0 amide bonds. The normalized spacial score (nSPS) is 16.0. The Morgan fingerprint density at radius 3 is 2.84 bits per heavy atom. The molecule has 3 rings (SSSR count). The number of aliphatic hydroxyl groups is 1. The minimum Gasteiger partial charge on any atom is -0.492 e. The van der Waals surface area contributed by atoms with Crippen LogP contribution in [-0.2, 0) is 6.42 Å². The van der Waals surface area contributed by atoms with Crippen LogP contribution in [0.15, 0.2) is 18.2 Å². The quantitative estimate of drug-likeness (QED) is 0.729. The van der Waals surface area contributed by atoms with Crippen molar-refractivity contribution in [3.8, 4) is 5.75 Å². The fraction of sp³-hybridized carbons (Fsp3) is 0.650. The lowest BCUT2D eigenvalue weighted by atomic mass is 9.87. The minimum absolute atomic E-state index is 0.199. The van der Waals surface area contributed by atoms with Crippen molar-refractivity contribution >= 4 is 21.6 Å². The standard InChI is InChI=1S/C20H30N2O2S/c1-2-22(10-12-23)11-13-24-17-8-9-18-19(15-17)25-20(21-18)14-16-6-4-3-5-7-16/h8-9,15-16,23H,2-7,10-14H2,1H3. The molecule has 4 nitrogen and oxygen atoms in total. The van der Waals surface area contributed by atoms with Crippen molar-refractivity contribution in [2.24, 2.45) is 5.92 Å². The van der Waals surface area contributed by atoms with Gasteiger partial charge in [-0.2, -0.15) is 0 Å². The third-order valence-corrected chi connectivity index (χ3v) is 6.17. The first-order chi connectivity index (χ1) is 12.3. The van der Waals surface area contributed by atoms with E-state index in [0.29, 0.717) is 13.2 Å². The van der Waals surface area contributed by atoms with Crippen LogP contribution in [0.5, 0.6) is 5.75 Å². The van der Waals surface area contributed by atoms with Gasteiger partial charge in [-0.1, -0.05) is 39.0 Å². The molecule has 138 valence electrons. The molecule has 1 N–H and O–H groups in total. The van der Waals surface area contributed by atoms with Crippen molar-refractivity contribution in [2.75, 3.05) is 32.8 Å². The van der Waals surface area contributed by atoms with Crippen molar-refractivity contribution in [1.29, 1.82) is 0 Å². The molecule has 0 spiro atoms. The van der Waals surface area contributed by atoms with Gasteiger partial charge in [-0.3, -0.25) is 4.90 Å². The zero-order valence-corrected chi connectivity index (χ0v) is 16.1. The summed E-state index contributed by atoms with van der Waals surface area (Å²) in [5.41, 5.74) is 1.10. The fourth-order valence-electron chi connectivity index (χ4n) is 3.63. The number of benzene rings is 1. The molecule has 0 bridgehead atoms. The highest BCUT2D eigenvalue weighted by Crippen LogP contribution is 2.31. The largest absolute Gasteiger partial charge is 0.492 e. The number of likely N-dealkylation sites (N-methyl/N-ethyl adjacent to an activating group) is 1. The number of hydrogen-bond acceptors (Lipinski definition) is 5. The van der Waals surface area contributed by atoms with Crippen LogP contribution in [-0.4, -0.2) is 47.8 Å². The third-order valence-electron chi connectivity index (χ3n) is 5.13. The summed E-state index contributed by atoms with van der Waals surface area (Å²) in [4.78, 5) is 7.01. The first-order valence-corrected chi connectivity index (χ1v) is 10.5. The lowest BCUT2D eigenvalue weighted by Gasteiger charge is -2.20. The van der Waals surface area contributed by atoms with Crippen LogP contribution in [0.25, 0.3) is 10.2 Å². The van der Waals surface area contributed by atoms with Crippen LogP contribution in [0.3, 0.4) is 0 Å². The second-order valence-corrected chi connectivity index (χ2v) is 8.07. The maximum atomic E-state index is 9.03.